The molecule has 0 saturated heterocycles. The summed E-state index contributed by atoms with van der Waals surface area (Å²) < 4.78 is 1.77. The number of aromatic nitrogens is 4. The second-order valence-corrected chi connectivity index (χ2v) is 4.65. The lowest BCUT2D eigenvalue weighted by Crippen LogP contribution is -2.05. The quantitative estimate of drug-likeness (QED) is 0.866. The molecule has 0 saturated carbocycles. The minimum atomic E-state index is 0.748. The number of rotatable bonds is 6. The monoisotopic (exact) mass is 259 g/mol. The van der Waals surface area contributed by atoms with Crippen molar-refractivity contribution in [1.29, 1.82) is 0 Å². The van der Waals surface area contributed by atoms with Gasteiger partial charge < -0.3 is 5.32 Å². The van der Waals surface area contributed by atoms with E-state index in [2.05, 4.69) is 34.2 Å². The van der Waals surface area contributed by atoms with Crippen LogP contribution in [0.25, 0.3) is 11.4 Å². The lowest BCUT2D eigenvalue weighted by Gasteiger charge is -2.08. The standard InChI is InChI=1S/C14H21N5/c1-4-6-12-8-13(15-7-5-2)18-14(17-12)11-9-16-19(3)10-11/h8-10H,4-7H2,1-3H3,(H,15,17,18). The van der Waals surface area contributed by atoms with Gasteiger partial charge in [0.25, 0.3) is 0 Å². The Hall–Kier alpha value is -1.91. The molecule has 2 aromatic heterocycles. The average molecular weight is 259 g/mol. The fraction of sp³-hybridized carbons (Fsp3) is 0.500. The zero-order chi connectivity index (χ0) is 13.7. The SMILES string of the molecule is CCCNc1cc(CCC)nc(-c2cnn(C)c2)n1. The summed E-state index contributed by atoms with van der Waals surface area (Å²) in [5, 5.41) is 7.51. The maximum absolute atomic E-state index is 4.61. The molecule has 5 nitrogen and oxygen atoms in total. The molecule has 0 aliphatic carbocycles. The predicted octanol–water partition coefficient (Wildman–Crippen LogP) is 2.65. The van der Waals surface area contributed by atoms with Gasteiger partial charge >= 0.3 is 0 Å². The number of aryl methyl sites for hydroxylation is 2. The van der Waals surface area contributed by atoms with Gasteiger partial charge in [-0.15, -0.1) is 0 Å². The molecule has 19 heavy (non-hydrogen) atoms. The third-order valence-electron chi connectivity index (χ3n) is 2.80. The number of hydrogen-bond acceptors (Lipinski definition) is 4. The van der Waals surface area contributed by atoms with Crippen molar-refractivity contribution in [1.82, 2.24) is 19.7 Å². The van der Waals surface area contributed by atoms with Crippen LogP contribution in [0.1, 0.15) is 32.4 Å². The molecule has 1 N–H and O–H groups in total. The van der Waals surface area contributed by atoms with E-state index in [4.69, 9.17) is 0 Å². The van der Waals surface area contributed by atoms with Crippen molar-refractivity contribution in [2.24, 2.45) is 7.05 Å². The molecule has 0 aliphatic rings. The van der Waals surface area contributed by atoms with Gasteiger partial charge in [0.15, 0.2) is 5.82 Å². The van der Waals surface area contributed by atoms with E-state index in [1.807, 2.05) is 19.3 Å². The molecular weight excluding hydrogens is 238 g/mol. The third kappa shape index (κ3) is 3.53. The second-order valence-electron chi connectivity index (χ2n) is 4.65. The normalized spacial score (nSPS) is 10.7. The summed E-state index contributed by atoms with van der Waals surface area (Å²) in [6.45, 7) is 5.23. The molecule has 0 radical (unpaired) electrons. The first-order valence-electron chi connectivity index (χ1n) is 6.83. The summed E-state index contributed by atoms with van der Waals surface area (Å²) in [7, 11) is 1.90. The van der Waals surface area contributed by atoms with Crippen LogP contribution in [-0.2, 0) is 13.5 Å². The Morgan fingerprint density at radius 2 is 2.05 bits per heavy atom. The molecule has 5 heteroatoms. The molecule has 0 amide bonds. The number of anilines is 1. The highest BCUT2D eigenvalue weighted by molar-refractivity contribution is 5.55. The van der Waals surface area contributed by atoms with Gasteiger partial charge in [-0.1, -0.05) is 20.3 Å². The van der Waals surface area contributed by atoms with Gasteiger partial charge in [-0.3, -0.25) is 4.68 Å². The topological polar surface area (TPSA) is 55.6 Å². The Bertz CT molecular complexity index is 532. The van der Waals surface area contributed by atoms with Crippen molar-refractivity contribution in [2.75, 3.05) is 11.9 Å². The summed E-state index contributed by atoms with van der Waals surface area (Å²) in [4.78, 5) is 9.17. The van der Waals surface area contributed by atoms with Crippen LogP contribution in [0.5, 0.6) is 0 Å². The van der Waals surface area contributed by atoms with Crippen LogP contribution < -0.4 is 5.32 Å². The maximum Gasteiger partial charge on any atom is 0.164 e. The van der Waals surface area contributed by atoms with E-state index in [1.54, 1.807) is 10.9 Å². The van der Waals surface area contributed by atoms with E-state index < -0.39 is 0 Å². The lowest BCUT2D eigenvalue weighted by atomic mass is 10.2. The Balaban J connectivity index is 2.33. The van der Waals surface area contributed by atoms with Crippen LogP contribution in [0.3, 0.4) is 0 Å². The van der Waals surface area contributed by atoms with Gasteiger partial charge in [-0.05, 0) is 12.8 Å². The van der Waals surface area contributed by atoms with Gasteiger partial charge in [0.2, 0.25) is 0 Å². The molecule has 0 fully saturated rings. The number of nitrogens with one attached hydrogen (secondary N) is 1. The first-order chi connectivity index (χ1) is 9.22. The van der Waals surface area contributed by atoms with Gasteiger partial charge in [0, 0.05) is 31.5 Å². The molecule has 0 spiro atoms. The van der Waals surface area contributed by atoms with Crippen LogP contribution in [0, 0.1) is 0 Å². The number of nitrogens with zero attached hydrogens (tertiary/aromatic N) is 4. The zero-order valence-electron chi connectivity index (χ0n) is 11.8. The second kappa shape index (κ2) is 6.31. The van der Waals surface area contributed by atoms with E-state index in [0.29, 0.717) is 0 Å². The highest BCUT2D eigenvalue weighted by Crippen LogP contribution is 2.18. The first-order valence-corrected chi connectivity index (χ1v) is 6.83. The van der Waals surface area contributed by atoms with E-state index in [9.17, 15) is 0 Å². The Kier molecular flexibility index (Phi) is 4.49. The van der Waals surface area contributed by atoms with Crippen LogP contribution >= 0.6 is 0 Å². The molecule has 0 aliphatic heterocycles. The summed E-state index contributed by atoms with van der Waals surface area (Å²) >= 11 is 0. The zero-order valence-corrected chi connectivity index (χ0v) is 11.8. The van der Waals surface area contributed by atoms with Gasteiger partial charge in [-0.25, -0.2) is 9.97 Å². The molecule has 0 unspecified atom stereocenters. The minimum absolute atomic E-state index is 0.748. The van der Waals surface area contributed by atoms with Crippen molar-refractivity contribution >= 4 is 5.82 Å². The van der Waals surface area contributed by atoms with Crippen molar-refractivity contribution in [3.8, 4) is 11.4 Å². The molecule has 2 aromatic rings. The molecule has 0 atom stereocenters. The fourth-order valence-corrected chi connectivity index (χ4v) is 1.89. The lowest BCUT2D eigenvalue weighted by molar-refractivity contribution is 0.768. The van der Waals surface area contributed by atoms with Crippen molar-refractivity contribution in [2.45, 2.75) is 33.1 Å². The summed E-state index contributed by atoms with van der Waals surface area (Å²) in [5.74, 6) is 1.65. The van der Waals surface area contributed by atoms with Crippen molar-refractivity contribution in [3.63, 3.8) is 0 Å². The molecule has 2 rings (SSSR count). The largest absolute Gasteiger partial charge is 0.370 e. The highest BCUT2D eigenvalue weighted by atomic mass is 15.2. The summed E-state index contributed by atoms with van der Waals surface area (Å²) in [5.41, 5.74) is 2.04. The fourth-order valence-electron chi connectivity index (χ4n) is 1.89. The predicted molar refractivity (Wildman–Crippen MR) is 77.0 cm³/mol. The summed E-state index contributed by atoms with van der Waals surface area (Å²) in [6, 6.07) is 2.04. The third-order valence-corrected chi connectivity index (χ3v) is 2.80. The van der Waals surface area contributed by atoms with E-state index in [0.717, 1.165) is 48.7 Å². The van der Waals surface area contributed by atoms with Crippen LogP contribution in [0.15, 0.2) is 18.5 Å². The Labute approximate surface area is 114 Å². The van der Waals surface area contributed by atoms with Gasteiger partial charge in [0.1, 0.15) is 5.82 Å². The molecule has 0 bridgehead atoms. The van der Waals surface area contributed by atoms with Gasteiger partial charge in [0.05, 0.1) is 11.8 Å². The minimum Gasteiger partial charge on any atom is -0.370 e. The van der Waals surface area contributed by atoms with Crippen LogP contribution in [-0.4, -0.2) is 26.3 Å². The number of hydrogen-bond donors (Lipinski definition) is 1. The van der Waals surface area contributed by atoms with E-state index in [1.165, 1.54) is 0 Å². The van der Waals surface area contributed by atoms with E-state index >= 15 is 0 Å². The van der Waals surface area contributed by atoms with E-state index in [-0.39, 0.29) is 0 Å². The van der Waals surface area contributed by atoms with Crippen molar-refractivity contribution < 1.29 is 0 Å². The molecule has 2 heterocycles. The van der Waals surface area contributed by atoms with Crippen LogP contribution in [0.4, 0.5) is 5.82 Å². The average Bonchev–Trinajstić information content (AvgIpc) is 2.83. The van der Waals surface area contributed by atoms with Crippen molar-refractivity contribution in [3.05, 3.63) is 24.2 Å². The Morgan fingerprint density at radius 3 is 2.68 bits per heavy atom. The Morgan fingerprint density at radius 1 is 1.21 bits per heavy atom. The summed E-state index contributed by atoms with van der Waals surface area (Å²) in [6.07, 6.45) is 6.87. The highest BCUT2D eigenvalue weighted by Gasteiger charge is 2.08. The first kappa shape index (κ1) is 13.5. The maximum atomic E-state index is 4.61. The molecule has 102 valence electrons. The smallest absolute Gasteiger partial charge is 0.164 e. The molecular formula is C14H21N5. The van der Waals surface area contributed by atoms with Gasteiger partial charge in [-0.2, -0.15) is 5.10 Å². The van der Waals surface area contributed by atoms with Crippen LogP contribution in [0.2, 0.25) is 0 Å². The molecule has 0 aromatic carbocycles.